The molecule has 2 rings (SSSR count). The van der Waals surface area contributed by atoms with Crippen LogP contribution in [0.2, 0.25) is 5.02 Å². The van der Waals surface area contributed by atoms with Gasteiger partial charge in [0.1, 0.15) is 12.4 Å². The molecule has 20 heavy (non-hydrogen) atoms. The van der Waals surface area contributed by atoms with E-state index in [4.69, 9.17) is 21.4 Å². The predicted octanol–water partition coefficient (Wildman–Crippen LogP) is 4.11. The molecule has 0 bridgehead atoms. The van der Waals surface area contributed by atoms with E-state index in [0.717, 1.165) is 11.1 Å². The number of hydrogen-bond donors (Lipinski definition) is 1. The number of aliphatic carboxylic acids is 1. The Bertz CT molecular complexity index is 593. The minimum atomic E-state index is -0.829. The van der Waals surface area contributed by atoms with Crippen molar-refractivity contribution in [3.63, 3.8) is 0 Å². The fraction of sp³-hybridized carbons (Fsp3) is 0.188. The summed E-state index contributed by atoms with van der Waals surface area (Å²) in [4.78, 5) is 10.9. The minimum Gasteiger partial charge on any atom is -0.487 e. The summed E-state index contributed by atoms with van der Waals surface area (Å²) < 4.78 is 5.62. The van der Waals surface area contributed by atoms with Gasteiger partial charge >= 0.3 is 5.97 Å². The first-order valence-corrected chi connectivity index (χ1v) is 6.64. The second kappa shape index (κ2) is 6.44. The summed E-state index contributed by atoms with van der Waals surface area (Å²) >= 11 is 6.00. The summed E-state index contributed by atoms with van der Waals surface area (Å²) in [6, 6.07) is 14.6. The topological polar surface area (TPSA) is 46.5 Å². The monoisotopic (exact) mass is 290 g/mol. The van der Waals surface area contributed by atoms with Crippen molar-refractivity contribution in [1.29, 1.82) is 0 Å². The van der Waals surface area contributed by atoms with E-state index >= 15 is 0 Å². The zero-order valence-electron chi connectivity index (χ0n) is 11.0. The maximum absolute atomic E-state index is 10.9. The van der Waals surface area contributed by atoms with Crippen molar-refractivity contribution in [1.82, 2.24) is 0 Å². The summed E-state index contributed by atoms with van der Waals surface area (Å²) in [5.41, 5.74) is 1.74. The Morgan fingerprint density at radius 1 is 1.20 bits per heavy atom. The quantitative estimate of drug-likeness (QED) is 0.901. The van der Waals surface area contributed by atoms with E-state index in [9.17, 15) is 4.79 Å². The highest BCUT2D eigenvalue weighted by molar-refractivity contribution is 6.32. The van der Waals surface area contributed by atoms with Crippen LogP contribution in [-0.2, 0) is 11.4 Å². The zero-order chi connectivity index (χ0) is 14.5. The minimum absolute atomic E-state index is 0.394. The van der Waals surface area contributed by atoms with E-state index in [-0.39, 0.29) is 0 Å². The van der Waals surface area contributed by atoms with Crippen molar-refractivity contribution in [2.75, 3.05) is 0 Å². The van der Waals surface area contributed by atoms with Gasteiger partial charge in [0, 0.05) is 0 Å². The molecule has 1 atom stereocenters. The molecular weight excluding hydrogens is 276 g/mol. The SMILES string of the molecule is CC(C(=O)O)c1ccc(COc2ccccc2Cl)cc1. The number of carboxylic acid groups (broad SMARTS) is 1. The molecule has 2 aromatic carbocycles. The number of carbonyl (C=O) groups is 1. The number of carboxylic acids is 1. The van der Waals surface area contributed by atoms with Gasteiger partial charge in [-0.1, -0.05) is 48.0 Å². The fourth-order valence-electron chi connectivity index (χ4n) is 1.77. The summed E-state index contributed by atoms with van der Waals surface area (Å²) in [5, 5.41) is 9.52. The number of rotatable bonds is 5. The van der Waals surface area contributed by atoms with Crippen molar-refractivity contribution in [3.05, 3.63) is 64.7 Å². The molecule has 0 saturated heterocycles. The van der Waals surface area contributed by atoms with Crippen molar-refractivity contribution in [3.8, 4) is 5.75 Å². The van der Waals surface area contributed by atoms with Crippen LogP contribution in [0, 0.1) is 0 Å². The average molecular weight is 291 g/mol. The van der Waals surface area contributed by atoms with E-state index in [0.29, 0.717) is 17.4 Å². The van der Waals surface area contributed by atoms with Gasteiger partial charge in [0.25, 0.3) is 0 Å². The van der Waals surface area contributed by atoms with Crippen LogP contribution in [0.3, 0.4) is 0 Å². The van der Waals surface area contributed by atoms with Crippen molar-refractivity contribution >= 4 is 17.6 Å². The molecule has 0 amide bonds. The fourth-order valence-corrected chi connectivity index (χ4v) is 1.96. The largest absolute Gasteiger partial charge is 0.487 e. The molecule has 0 aliphatic heterocycles. The lowest BCUT2D eigenvalue weighted by Crippen LogP contribution is -2.07. The van der Waals surface area contributed by atoms with E-state index < -0.39 is 11.9 Å². The molecule has 0 heterocycles. The third-order valence-corrected chi connectivity index (χ3v) is 3.39. The molecule has 0 radical (unpaired) electrons. The number of hydrogen-bond acceptors (Lipinski definition) is 2. The molecule has 4 heteroatoms. The van der Waals surface area contributed by atoms with E-state index in [1.54, 1.807) is 13.0 Å². The van der Waals surface area contributed by atoms with Crippen LogP contribution in [0.4, 0.5) is 0 Å². The van der Waals surface area contributed by atoms with Gasteiger partial charge in [0.2, 0.25) is 0 Å². The summed E-state index contributed by atoms with van der Waals surface area (Å²) in [6.45, 7) is 2.06. The standard InChI is InChI=1S/C16H15ClO3/c1-11(16(18)19)13-8-6-12(7-9-13)10-20-15-5-3-2-4-14(15)17/h2-9,11H,10H2,1H3,(H,18,19). The number of para-hydroxylation sites is 1. The number of benzene rings is 2. The summed E-state index contributed by atoms with van der Waals surface area (Å²) in [7, 11) is 0. The molecule has 0 aliphatic carbocycles. The lowest BCUT2D eigenvalue weighted by molar-refractivity contribution is -0.138. The van der Waals surface area contributed by atoms with Crippen molar-refractivity contribution < 1.29 is 14.6 Å². The Morgan fingerprint density at radius 2 is 1.85 bits per heavy atom. The molecule has 1 N–H and O–H groups in total. The average Bonchev–Trinajstić information content (AvgIpc) is 2.46. The van der Waals surface area contributed by atoms with Gasteiger partial charge in [0.15, 0.2) is 0 Å². The molecular formula is C16H15ClO3. The molecule has 1 unspecified atom stereocenters. The van der Waals surface area contributed by atoms with Gasteiger partial charge in [-0.3, -0.25) is 4.79 Å². The molecule has 104 valence electrons. The first-order valence-electron chi connectivity index (χ1n) is 6.27. The van der Waals surface area contributed by atoms with Crippen molar-refractivity contribution in [2.45, 2.75) is 19.4 Å². The predicted molar refractivity (Wildman–Crippen MR) is 78.3 cm³/mol. The van der Waals surface area contributed by atoms with E-state index in [1.807, 2.05) is 42.5 Å². The molecule has 3 nitrogen and oxygen atoms in total. The van der Waals surface area contributed by atoms with Crippen LogP contribution >= 0.6 is 11.6 Å². The van der Waals surface area contributed by atoms with Crippen molar-refractivity contribution in [2.24, 2.45) is 0 Å². The third-order valence-electron chi connectivity index (χ3n) is 3.08. The maximum Gasteiger partial charge on any atom is 0.310 e. The van der Waals surface area contributed by atoms with E-state index in [2.05, 4.69) is 0 Å². The second-order valence-electron chi connectivity index (χ2n) is 4.52. The Kier molecular flexibility index (Phi) is 4.64. The third kappa shape index (κ3) is 3.52. The van der Waals surface area contributed by atoms with Crippen LogP contribution in [0.5, 0.6) is 5.75 Å². The van der Waals surface area contributed by atoms with E-state index in [1.165, 1.54) is 0 Å². The molecule has 0 saturated carbocycles. The highest BCUT2D eigenvalue weighted by Crippen LogP contribution is 2.24. The smallest absolute Gasteiger partial charge is 0.310 e. The zero-order valence-corrected chi connectivity index (χ0v) is 11.8. The summed E-state index contributed by atoms with van der Waals surface area (Å²) in [6.07, 6.45) is 0. The molecule has 2 aromatic rings. The van der Waals surface area contributed by atoms with Gasteiger partial charge in [-0.2, -0.15) is 0 Å². The lowest BCUT2D eigenvalue weighted by Gasteiger charge is -2.10. The molecule has 0 aliphatic rings. The van der Waals surface area contributed by atoms with Crippen LogP contribution < -0.4 is 4.74 Å². The van der Waals surface area contributed by atoms with Crippen LogP contribution in [0.15, 0.2) is 48.5 Å². The molecule has 0 aromatic heterocycles. The van der Waals surface area contributed by atoms with Gasteiger partial charge < -0.3 is 9.84 Å². The highest BCUT2D eigenvalue weighted by Gasteiger charge is 2.13. The first-order chi connectivity index (χ1) is 9.58. The molecule has 0 fully saturated rings. The number of ether oxygens (including phenoxy) is 1. The number of halogens is 1. The maximum atomic E-state index is 10.9. The second-order valence-corrected chi connectivity index (χ2v) is 4.93. The lowest BCUT2D eigenvalue weighted by atomic mass is 10.0. The van der Waals surface area contributed by atoms with Gasteiger partial charge in [-0.15, -0.1) is 0 Å². The summed E-state index contributed by atoms with van der Waals surface area (Å²) in [5.74, 6) is -0.698. The molecule has 0 spiro atoms. The van der Waals surface area contributed by atoms with Gasteiger partial charge in [-0.25, -0.2) is 0 Å². The van der Waals surface area contributed by atoms with Crippen LogP contribution in [0.25, 0.3) is 0 Å². The van der Waals surface area contributed by atoms with Gasteiger partial charge in [-0.05, 0) is 30.2 Å². The Hall–Kier alpha value is -2.00. The Balaban J connectivity index is 2.01. The highest BCUT2D eigenvalue weighted by atomic mass is 35.5. The normalized spacial score (nSPS) is 11.9. The van der Waals surface area contributed by atoms with Crippen LogP contribution in [0.1, 0.15) is 24.0 Å². The Labute approximate surface area is 122 Å². The van der Waals surface area contributed by atoms with Crippen LogP contribution in [-0.4, -0.2) is 11.1 Å². The first kappa shape index (κ1) is 14.4. The Morgan fingerprint density at radius 3 is 2.45 bits per heavy atom. The van der Waals surface area contributed by atoms with Gasteiger partial charge in [0.05, 0.1) is 10.9 Å².